The molecule has 0 aliphatic rings. The minimum Gasteiger partial charge on any atom is -0.309 e. The zero-order valence-electron chi connectivity index (χ0n) is 27.7. The molecule has 0 atom stereocenters. The quantitative estimate of drug-likeness (QED) is 0.172. The van der Waals surface area contributed by atoms with Gasteiger partial charge in [-0.25, -0.2) is 24.8 Å². The molecule has 4 heterocycles. The third kappa shape index (κ3) is 4.67. The largest absolute Gasteiger partial charge is 0.309 e. The van der Waals surface area contributed by atoms with Crippen LogP contribution in [-0.2, 0) is 0 Å². The fourth-order valence-corrected chi connectivity index (χ4v) is 7.31. The summed E-state index contributed by atoms with van der Waals surface area (Å²) in [5.41, 5.74) is 9.42. The van der Waals surface area contributed by atoms with Crippen molar-refractivity contribution in [2.75, 3.05) is 0 Å². The van der Waals surface area contributed by atoms with E-state index < -0.39 is 0 Å². The van der Waals surface area contributed by atoms with E-state index in [1.54, 1.807) is 6.07 Å². The highest BCUT2D eigenvalue weighted by atomic mass is 15.1. The van der Waals surface area contributed by atoms with Gasteiger partial charge in [-0.1, -0.05) is 91.0 Å². The van der Waals surface area contributed by atoms with Crippen LogP contribution in [0.3, 0.4) is 0 Å². The van der Waals surface area contributed by atoms with Crippen molar-refractivity contribution in [3.05, 3.63) is 175 Å². The summed E-state index contributed by atoms with van der Waals surface area (Å²) < 4.78 is 4.63. The van der Waals surface area contributed by atoms with E-state index >= 15 is 0 Å². The monoisotopic (exact) mass is 665 g/mol. The van der Waals surface area contributed by atoms with Gasteiger partial charge in [0, 0.05) is 55.8 Å². The number of aromatic nitrogens is 6. The Morgan fingerprint density at radius 3 is 1.87 bits per heavy atom. The molecule has 0 amide bonds. The summed E-state index contributed by atoms with van der Waals surface area (Å²) in [4.78, 5) is 23.3. The Bertz CT molecular complexity index is 3010. The zero-order chi connectivity index (χ0) is 34.6. The van der Waals surface area contributed by atoms with Crippen LogP contribution in [-0.4, -0.2) is 29.1 Å². The highest BCUT2D eigenvalue weighted by Gasteiger charge is 2.21. The van der Waals surface area contributed by atoms with Crippen molar-refractivity contribution in [2.45, 2.75) is 0 Å². The summed E-state index contributed by atoms with van der Waals surface area (Å²) in [6.07, 6.45) is 1.86. The molecule has 0 saturated carbocycles. The lowest BCUT2D eigenvalue weighted by atomic mass is 10.1. The minimum absolute atomic E-state index is 0.516. The zero-order valence-corrected chi connectivity index (χ0v) is 27.7. The predicted molar refractivity (Wildman–Crippen MR) is 209 cm³/mol. The van der Waals surface area contributed by atoms with E-state index in [-0.39, 0.29) is 0 Å². The van der Waals surface area contributed by atoms with E-state index in [4.69, 9.17) is 26.5 Å². The Labute approximate surface area is 298 Å². The first kappa shape index (κ1) is 29.5. The number of hydrogen-bond acceptors (Lipinski definition) is 4. The molecule has 0 spiro atoms. The summed E-state index contributed by atoms with van der Waals surface area (Å²) in [7, 11) is 0. The molecule has 6 aromatic carbocycles. The van der Waals surface area contributed by atoms with Gasteiger partial charge in [-0.2, -0.15) is 0 Å². The van der Waals surface area contributed by atoms with Crippen molar-refractivity contribution < 1.29 is 0 Å². The Morgan fingerprint density at radius 2 is 1.10 bits per heavy atom. The second-order valence-corrected chi connectivity index (χ2v) is 12.6. The highest BCUT2D eigenvalue weighted by molar-refractivity contribution is 6.25. The Hall–Kier alpha value is -7.43. The van der Waals surface area contributed by atoms with Crippen LogP contribution < -0.4 is 0 Å². The maximum atomic E-state index is 7.53. The van der Waals surface area contributed by atoms with E-state index in [0.29, 0.717) is 23.2 Å². The van der Waals surface area contributed by atoms with Gasteiger partial charge in [0.05, 0.1) is 23.1 Å². The Balaban J connectivity index is 1.19. The normalized spacial score (nSPS) is 11.4. The molecule has 4 aromatic heterocycles. The third-order valence-electron chi connectivity index (χ3n) is 9.62. The molecule has 0 bridgehead atoms. The molecule has 0 aliphatic heterocycles. The fraction of sp³-hybridized carbons (Fsp3) is 0. The first-order chi connectivity index (χ1) is 25.7. The van der Waals surface area contributed by atoms with Gasteiger partial charge in [-0.15, -0.1) is 0 Å². The lowest BCUT2D eigenvalue weighted by Crippen LogP contribution is -2.00. The van der Waals surface area contributed by atoms with Gasteiger partial charge < -0.3 is 4.57 Å². The number of hydrogen-bond donors (Lipinski definition) is 0. The summed E-state index contributed by atoms with van der Waals surface area (Å²) in [5, 5.41) is 4.60. The molecule has 0 aliphatic carbocycles. The van der Waals surface area contributed by atoms with Crippen molar-refractivity contribution in [1.29, 1.82) is 0 Å². The van der Waals surface area contributed by atoms with Crippen LogP contribution in [0.5, 0.6) is 0 Å². The second kappa shape index (κ2) is 11.9. The van der Waals surface area contributed by atoms with Crippen LogP contribution in [0.2, 0.25) is 0 Å². The van der Waals surface area contributed by atoms with Crippen molar-refractivity contribution >= 4 is 49.4 Å². The molecule has 0 radical (unpaired) electrons. The predicted octanol–water partition coefficient (Wildman–Crippen LogP) is 11.0. The molecular weight excluding hydrogens is 639 g/mol. The molecular formula is C45H27N7. The van der Waals surface area contributed by atoms with E-state index in [2.05, 4.69) is 111 Å². The molecule has 10 aromatic rings. The second-order valence-electron chi connectivity index (χ2n) is 12.6. The molecule has 0 fully saturated rings. The van der Waals surface area contributed by atoms with Gasteiger partial charge >= 0.3 is 0 Å². The lowest BCUT2D eigenvalue weighted by molar-refractivity contribution is 1.07. The number of para-hydroxylation sites is 2. The van der Waals surface area contributed by atoms with Crippen LogP contribution >= 0.6 is 0 Å². The number of rotatable bonds is 5. The summed E-state index contributed by atoms with van der Waals surface area (Å²) >= 11 is 0. The Kier molecular flexibility index (Phi) is 6.73. The molecule has 10 rings (SSSR count). The van der Waals surface area contributed by atoms with Crippen molar-refractivity contribution in [1.82, 2.24) is 29.1 Å². The van der Waals surface area contributed by atoms with Gasteiger partial charge in [0.25, 0.3) is 0 Å². The first-order valence-corrected chi connectivity index (χ1v) is 17.0. The average molecular weight is 666 g/mol. The minimum atomic E-state index is 0.516. The number of nitrogens with zero attached hydrogens (tertiary/aromatic N) is 7. The van der Waals surface area contributed by atoms with E-state index in [1.807, 2.05) is 60.8 Å². The molecule has 52 heavy (non-hydrogen) atoms. The maximum Gasteiger partial charge on any atom is 0.187 e. The van der Waals surface area contributed by atoms with Crippen molar-refractivity contribution in [3.63, 3.8) is 0 Å². The number of fused-ring (bicyclic) bond motifs is 7. The van der Waals surface area contributed by atoms with Gasteiger partial charge in [0.1, 0.15) is 5.65 Å². The van der Waals surface area contributed by atoms with Gasteiger partial charge in [-0.05, 0) is 66.7 Å². The third-order valence-corrected chi connectivity index (χ3v) is 9.62. The SMILES string of the molecule is [C-]#[N+]c1cccc(-c2nc(-c3ccccc3)nc(-c3ccc(-n4c5ncccc5c5ccc6c(c7ccccc7n6-c6ccccc6)c54)cc3)n2)c1. The number of benzene rings is 6. The molecule has 7 heteroatoms. The van der Waals surface area contributed by atoms with E-state index in [1.165, 1.54) is 10.8 Å². The molecule has 0 N–H and O–H groups in total. The highest BCUT2D eigenvalue weighted by Crippen LogP contribution is 2.41. The summed E-state index contributed by atoms with van der Waals surface area (Å²) in [5.74, 6) is 1.64. The molecule has 0 saturated heterocycles. The standard InChI is InChI=1S/C45H27N7/c1-46-32-15-10-14-31(28-32)44-49-42(29-12-4-2-5-13-29)48-43(50-44)30-21-23-34(24-22-30)52-41-35(36-19-11-27-47-45(36)52)25-26-39-40(41)37-18-8-9-20-38(37)51(39)33-16-6-3-7-17-33/h2-28H. The number of pyridine rings is 1. The maximum absolute atomic E-state index is 7.53. The Morgan fingerprint density at radius 1 is 0.462 bits per heavy atom. The van der Waals surface area contributed by atoms with E-state index in [9.17, 15) is 0 Å². The van der Waals surface area contributed by atoms with Crippen molar-refractivity contribution in [2.24, 2.45) is 0 Å². The van der Waals surface area contributed by atoms with Crippen LogP contribution in [0.15, 0.2) is 164 Å². The van der Waals surface area contributed by atoms with Crippen LogP contribution in [0.4, 0.5) is 5.69 Å². The lowest BCUT2D eigenvalue weighted by Gasteiger charge is -2.11. The molecule has 7 nitrogen and oxygen atoms in total. The summed E-state index contributed by atoms with van der Waals surface area (Å²) in [6, 6.07) is 53.4. The summed E-state index contributed by atoms with van der Waals surface area (Å²) in [6.45, 7) is 7.53. The topological polar surface area (TPSA) is 65.8 Å². The van der Waals surface area contributed by atoms with Gasteiger partial charge in [0.2, 0.25) is 0 Å². The smallest absolute Gasteiger partial charge is 0.187 e. The van der Waals surface area contributed by atoms with Crippen LogP contribution in [0, 0.1) is 6.57 Å². The molecule has 0 unspecified atom stereocenters. The average Bonchev–Trinajstić information content (AvgIpc) is 3.74. The van der Waals surface area contributed by atoms with Gasteiger partial charge in [-0.3, -0.25) is 4.57 Å². The van der Waals surface area contributed by atoms with Crippen molar-refractivity contribution in [3.8, 4) is 45.5 Å². The van der Waals surface area contributed by atoms with Crippen LogP contribution in [0.25, 0.3) is 94.1 Å². The fourth-order valence-electron chi connectivity index (χ4n) is 7.31. The first-order valence-electron chi connectivity index (χ1n) is 17.0. The van der Waals surface area contributed by atoms with Crippen LogP contribution in [0.1, 0.15) is 0 Å². The van der Waals surface area contributed by atoms with E-state index in [0.717, 1.165) is 61.0 Å². The van der Waals surface area contributed by atoms with Gasteiger partial charge in [0.15, 0.2) is 23.2 Å². The molecule has 242 valence electrons.